The largest absolute Gasteiger partial charge is 0.366 e. The van der Waals surface area contributed by atoms with Crippen LogP contribution >= 0.6 is 0 Å². The van der Waals surface area contributed by atoms with Gasteiger partial charge in [0.1, 0.15) is 5.69 Å². The average molecular weight is 276 g/mol. The lowest BCUT2D eigenvalue weighted by Crippen LogP contribution is -2.26. The Hall–Kier alpha value is -2.15. The summed E-state index contributed by atoms with van der Waals surface area (Å²) < 4.78 is 0. The lowest BCUT2D eigenvalue weighted by atomic mass is 10.0. The van der Waals surface area contributed by atoms with Gasteiger partial charge in [-0.1, -0.05) is 0 Å². The van der Waals surface area contributed by atoms with Gasteiger partial charge in [0.25, 0.3) is 5.69 Å². The maximum Gasteiger partial charge on any atom is 0.293 e. The molecule has 2 saturated heterocycles. The van der Waals surface area contributed by atoms with Crippen molar-refractivity contribution in [2.45, 2.75) is 0 Å². The Labute approximate surface area is 115 Å². The van der Waals surface area contributed by atoms with Crippen molar-refractivity contribution in [2.75, 3.05) is 31.1 Å². The van der Waals surface area contributed by atoms with Crippen molar-refractivity contribution in [2.24, 2.45) is 17.6 Å². The highest BCUT2D eigenvalue weighted by Crippen LogP contribution is 2.36. The van der Waals surface area contributed by atoms with Crippen molar-refractivity contribution in [1.82, 2.24) is 5.32 Å². The number of nitrogens with zero attached hydrogens (tertiary/aromatic N) is 2. The molecule has 0 aromatic heterocycles. The molecule has 20 heavy (non-hydrogen) atoms. The first-order chi connectivity index (χ1) is 9.56. The van der Waals surface area contributed by atoms with Crippen LogP contribution in [0.15, 0.2) is 18.2 Å². The second kappa shape index (κ2) is 4.75. The number of nitrogens with two attached hydrogens (primary N) is 1. The van der Waals surface area contributed by atoms with Gasteiger partial charge in [0.2, 0.25) is 5.91 Å². The number of amides is 1. The monoisotopic (exact) mass is 276 g/mol. The minimum atomic E-state index is -0.651. The molecule has 1 aromatic rings. The van der Waals surface area contributed by atoms with E-state index in [9.17, 15) is 14.9 Å². The van der Waals surface area contributed by atoms with Crippen LogP contribution in [0.5, 0.6) is 0 Å². The van der Waals surface area contributed by atoms with E-state index in [0.29, 0.717) is 17.5 Å². The number of hydrogen-bond donors (Lipinski definition) is 2. The molecule has 0 spiro atoms. The third-order valence-electron chi connectivity index (χ3n) is 4.19. The van der Waals surface area contributed by atoms with Gasteiger partial charge >= 0.3 is 0 Å². The molecule has 7 nitrogen and oxygen atoms in total. The summed E-state index contributed by atoms with van der Waals surface area (Å²) >= 11 is 0. The Kier molecular flexibility index (Phi) is 3.06. The van der Waals surface area contributed by atoms with E-state index in [2.05, 4.69) is 5.32 Å². The zero-order valence-electron chi connectivity index (χ0n) is 10.9. The molecular formula is C13H16N4O3. The number of rotatable bonds is 3. The van der Waals surface area contributed by atoms with Crippen molar-refractivity contribution in [3.8, 4) is 0 Å². The summed E-state index contributed by atoms with van der Waals surface area (Å²) in [7, 11) is 0. The van der Waals surface area contributed by atoms with E-state index in [4.69, 9.17) is 5.73 Å². The quantitative estimate of drug-likeness (QED) is 0.612. The number of primary amides is 1. The molecule has 2 fully saturated rings. The van der Waals surface area contributed by atoms with E-state index >= 15 is 0 Å². The SMILES string of the molecule is NC(=O)c1ccc(N2CC3CNCC3C2)c([N+](=O)[O-])c1. The molecule has 7 heteroatoms. The van der Waals surface area contributed by atoms with Crippen LogP contribution < -0.4 is 16.0 Å². The lowest BCUT2D eigenvalue weighted by Gasteiger charge is -2.19. The topological polar surface area (TPSA) is 102 Å². The molecule has 3 N–H and O–H groups in total. The fraction of sp³-hybridized carbons (Fsp3) is 0.462. The average Bonchev–Trinajstić information content (AvgIpc) is 2.98. The fourth-order valence-corrected chi connectivity index (χ4v) is 3.14. The Morgan fingerprint density at radius 1 is 1.35 bits per heavy atom. The van der Waals surface area contributed by atoms with Crippen LogP contribution in [-0.2, 0) is 0 Å². The van der Waals surface area contributed by atoms with E-state index in [1.54, 1.807) is 12.1 Å². The molecular weight excluding hydrogens is 260 g/mol. The van der Waals surface area contributed by atoms with Crippen LogP contribution in [0.25, 0.3) is 0 Å². The summed E-state index contributed by atoms with van der Waals surface area (Å²) in [6, 6.07) is 4.45. The van der Waals surface area contributed by atoms with Crippen LogP contribution in [-0.4, -0.2) is 37.0 Å². The molecule has 2 aliphatic heterocycles. The van der Waals surface area contributed by atoms with Gasteiger partial charge in [-0.25, -0.2) is 0 Å². The molecule has 0 radical (unpaired) electrons. The Bertz CT molecular complexity index is 563. The summed E-state index contributed by atoms with van der Waals surface area (Å²) in [4.78, 5) is 24.0. The normalized spacial score (nSPS) is 24.7. The van der Waals surface area contributed by atoms with Crippen LogP contribution in [0, 0.1) is 22.0 Å². The van der Waals surface area contributed by atoms with Gasteiger partial charge in [-0.15, -0.1) is 0 Å². The highest BCUT2D eigenvalue weighted by Gasteiger charge is 2.38. The maximum atomic E-state index is 11.2. The molecule has 1 amide bonds. The van der Waals surface area contributed by atoms with E-state index in [-0.39, 0.29) is 11.3 Å². The van der Waals surface area contributed by atoms with Gasteiger partial charge in [-0.05, 0) is 24.0 Å². The predicted octanol–water partition coefficient (Wildman–Crippen LogP) is 0.349. The number of nitrogens with one attached hydrogen (secondary N) is 1. The molecule has 0 aliphatic carbocycles. The number of benzene rings is 1. The number of carbonyl (C=O) groups is 1. The first-order valence-electron chi connectivity index (χ1n) is 6.60. The van der Waals surface area contributed by atoms with E-state index in [1.165, 1.54) is 6.07 Å². The Morgan fingerprint density at radius 3 is 2.55 bits per heavy atom. The van der Waals surface area contributed by atoms with Crippen LogP contribution in [0.1, 0.15) is 10.4 Å². The minimum absolute atomic E-state index is 0.0470. The molecule has 2 heterocycles. The molecule has 0 saturated carbocycles. The molecule has 2 unspecified atom stereocenters. The summed E-state index contributed by atoms with van der Waals surface area (Å²) in [5.74, 6) is 0.443. The molecule has 2 atom stereocenters. The van der Waals surface area contributed by atoms with Crippen LogP contribution in [0.4, 0.5) is 11.4 Å². The van der Waals surface area contributed by atoms with E-state index in [1.807, 2.05) is 4.90 Å². The number of fused-ring (bicyclic) bond motifs is 1. The Balaban J connectivity index is 1.93. The van der Waals surface area contributed by atoms with Crippen molar-refractivity contribution in [3.63, 3.8) is 0 Å². The summed E-state index contributed by atoms with van der Waals surface area (Å²) in [6.07, 6.45) is 0. The van der Waals surface area contributed by atoms with Crippen molar-refractivity contribution in [1.29, 1.82) is 0 Å². The summed E-state index contributed by atoms with van der Waals surface area (Å²) in [6.45, 7) is 3.56. The van der Waals surface area contributed by atoms with Crippen molar-refractivity contribution < 1.29 is 9.72 Å². The van der Waals surface area contributed by atoms with Gasteiger partial charge in [0.05, 0.1) is 4.92 Å². The highest BCUT2D eigenvalue weighted by atomic mass is 16.6. The summed E-state index contributed by atoms with van der Waals surface area (Å²) in [5, 5.41) is 14.6. The standard InChI is InChI=1S/C13H16N4O3/c14-13(18)8-1-2-11(12(3-8)17(19)20)16-6-9-4-15-5-10(9)7-16/h1-3,9-10,15H,4-7H2,(H2,14,18). The first kappa shape index (κ1) is 12.9. The number of nitro benzene ring substituents is 1. The van der Waals surface area contributed by atoms with Gasteiger partial charge < -0.3 is 16.0 Å². The second-order valence-electron chi connectivity index (χ2n) is 5.41. The minimum Gasteiger partial charge on any atom is -0.366 e. The van der Waals surface area contributed by atoms with Gasteiger partial charge in [0.15, 0.2) is 0 Å². The molecule has 2 aliphatic rings. The summed E-state index contributed by atoms with van der Waals surface area (Å²) in [5.41, 5.74) is 5.88. The van der Waals surface area contributed by atoms with Gasteiger partial charge in [0, 0.05) is 37.8 Å². The second-order valence-corrected chi connectivity index (χ2v) is 5.41. The zero-order valence-corrected chi connectivity index (χ0v) is 10.9. The zero-order chi connectivity index (χ0) is 14.3. The molecule has 0 bridgehead atoms. The third kappa shape index (κ3) is 2.09. The third-order valence-corrected chi connectivity index (χ3v) is 4.19. The van der Waals surface area contributed by atoms with E-state index in [0.717, 1.165) is 26.2 Å². The highest BCUT2D eigenvalue weighted by molar-refractivity contribution is 5.94. The van der Waals surface area contributed by atoms with Crippen molar-refractivity contribution >= 4 is 17.3 Å². The number of nitro groups is 1. The van der Waals surface area contributed by atoms with Crippen LogP contribution in [0.3, 0.4) is 0 Å². The fourth-order valence-electron chi connectivity index (χ4n) is 3.14. The van der Waals surface area contributed by atoms with E-state index < -0.39 is 10.8 Å². The first-order valence-corrected chi connectivity index (χ1v) is 6.60. The van der Waals surface area contributed by atoms with Gasteiger partial charge in [-0.2, -0.15) is 0 Å². The number of anilines is 1. The molecule has 106 valence electrons. The smallest absolute Gasteiger partial charge is 0.293 e. The predicted molar refractivity (Wildman–Crippen MR) is 73.7 cm³/mol. The number of carbonyl (C=O) groups excluding carboxylic acids is 1. The maximum absolute atomic E-state index is 11.2. The molecule has 1 aromatic carbocycles. The Morgan fingerprint density at radius 2 is 2.00 bits per heavy atom. The lowest BCUT2D eigenvalue weighted by molar-refractivity contribution is -0.384. The molecule has 3 rings (SSSR count). The number of hydrogen-bond acceptors (Lipinski definition) is 5. The van der Waals surface area contributed by atoms with Crippen LogP contribution in [0.2, 0.25) is 0 Å². The van der Waals surface area contributed by atoms with Crippen molar-refractivity contribution in [3.05, 3.63) is 33.9 Å². The van der Waals surface area contributed by atoms with Gasteiger partial charge in [-0.3, -0.25) is 14.9 Å².